The molecule has 1 aliphatic rings. The molecule has 0 spiro atoms. The average Bonchev–Trinajstić information content (AvgIpc) is 3.27. The van der Waals surface area contributed by atoms with Gasteiger partial charge in [0.05, 0.1) is 0 Å². The van der Waals surface area contributed by atoms with Crippen molar-refractivity contribution in [3.05, 3.63) is 69.7 Å². The average molecular weight is 344 g/mol. The summed E-state index contributed by atoms with van der Waals surface area (Å²) in [7, 11) is 0. The Hall–Kier alpha value is -1.12. The molecule has 2 heteroatoms. The van der Waals surface area contributed by atoms with Crippen LogP contribution in [0.5, 0.6) is 0 Å². The zero-order chi connectivity index (χ0) is 14.7. The van der Waals surface area contributed by atoms with Crippen LogP contribution in [0.15, 0.2) is 53.0 Å². The van der Waals surface area contributed by atoms with Gasteiger partial charge in [-0.15, -0.1) is 0 Å². The molecule has 21 heavy (non-hydrogen) atoms. The van der Waals surface area contributed by atoms with E-state index in [1.54, 1.807) is 0 Å². The van der Waals surface area contributed by atoms with Gasteiger partial charge in [-0.25, -0.2) is 0 Å². The smallest absolute Gasteiger partial charge is 0.0178 e. The molecule has 1 nitrogen and oxygen atoms in total. The van der Waals surface area contributed by atoms with Crippen LogP contribution < -0.4 is 5.32 Å². The van der Waals surface area contributed by atoms with E-state index in [4.69, 9.17) is 0 Å². The van der Waals surface area contributed by atoms with Crippen molar-refractivity contribution in [3.63, 3.8) is 0 Å². The molecule has 0 heterocycles. The second kappa shape index (κ2) is 6.76. The van der Waals surface area contributed by atoms with E-state index in [0.29, 0.717) is 5.92 Å². The lowest BCUT2D eigenvalue weighted by atomic mass is 9.91. The summed E-state index contributed by atoms with van der Waals surface area (Å²) in [4.78, 5) is 0. The molecule has 0 amide bonds. The molecule has 0 aromatic heterocycles. The summed E-state index contributed by atoms with van der Waals surface area (Å²) in [5.74, 6) is 0.532. The molecule has 1 atom stereocenters. The van der Waals surface area contributed by atoms with Crippen LogP contribution in [0.1, 0.15) is 35.4 Å². The van der Waals surface area contributed by atoms with Gasteiger partial charge in [0.1, 0.15) is 0 Å². The summed E-state index contributed by atoms with van der Waals surface area (Å²) in [6.45, 7) is 3.23. The van der Waals surface area contributed by atoms with Crippen molar-refractivity contribution in [1.82, 2.24) is 5.32 Å². The van der Waals surface area contributed by atoms with Crippen molar-refractivity contribution in [2.75, 3.05) is 6.54 Å². The van der Waals surface area contributed by atoms with Gasteiger partial charge in [-0.2, -0.15) is 0 Å². The quantitative estimate of drug-likeness (QED) is 0.791. The Kier molecular flexibility index (Phi) is 4.77. The van der Waals surface area contributed by atoms with Gasteiger partial charge in [-0.05, 0) is 49.4 Å². The lowest BCUT2D eigenvalue weighted by Crippen LogP contribution is -2.24. The maximum absolute atomic E-state index is 3.69. The van der Waals surface area contributed by atoms with Gasteiger partial charge in [0.2, 0.25) is 0 Å². The molecule has 110 valence electrons. The number of hydrogen-bond donors (Lipinski definition) is 1. The van der Waals surface area contributed by atoms with Crippen molar-refractivity contribution in [1.29, 1.82) is 0 Å². The topological polar surface area (TPSA) is 12.0 Å². The molecular weight excluding hydrogens is 322 g/mol. The molecule has 1 saturated carbocycles. The molecule has 3 rings (SSSR count). The second-order valence-electron chi connectivity index (χ2n) is 6.13. The van der Waals surface area contributed by atoms with Gasteiger partial charge in [0.15, 0.2) is 0 Å². The normalized spacial score (nSPS) is 15.9. The molecule has 0 saturated heterocycles. The second-order valence-corrected chi connectivity index (χ2v) is 7.04. The minimum absolute atomic E-state index is 0.532. The van der Waals surface area contributed by atoms with Crippen LogP contribution in [0.2, 0.25) is 0 Å². The van der Waals surface area contributed by atoms with Gasteiger partial charge in [0.25, 0.3) is 0 Å². The maximum Gasteiger partial charge on any atom is 0.0178 e. The molecule has 2 aromatic carbocycles. The third-order valence-electron chi connectivity index (χ3n) is 4.11. The summed E-state index contributed by atoms with van der Waals surface area (Å²) >= 11 is 3.60. The van der Waals surface area contributed by atoms with Crippen LogP contribution in [0, 0.1) is 6.92 Å². The van der Waals surface area contributed by atoms with Crippen LogP contribution in [0.4, 0.5) is 0 Å². The van der Waals surface area contributed by atoms with Crippen LogP contribution in [-0.4, -0.2) is 12.6 Å². The van der Waals surface area contributed by atoms with E-state index >= 15 is 0 Å². The fraction of sp³-hybridized carbons (Fsp3) is 0.368. The van der Waals surface area contributed by atoms with Crippen molar-refractivity contribution in [2.45, 2.75) is 38.1 Å². The van der Waals surface area contributed by atoms with E-state index in [9.17, 15) is 0 Å². The Bertz CT molecular complexity index is 604. The highest BCUT2D eigenvalue weighted by molar-refractivity contribution is 9.10. The van der Waals surface area contributed by atoms with Gasteiger partial charge < -0.3 is 5.32 Å². The van der Waals surface area contributed by atoms with Crippen LogP contribution in [0.25, 0.3) is 0 Å². The van der Waals surface area contributed by atoms with Crippen LogP contribution >= 0.6 is 15.9 Å². The summed E-state index contributed by atoms with van der Waals surface area (Å²) in [5, 5.41) is 3.69. The number of aryl methyl sites for hydroxylation is 1. The Balaban J connectivity index is 1.77. The Morgan fingerprint density at radius 3 is 2.67 bits per heavy atom. The standard InChI is InChI=1S/C19H22BrN/c1-14-4-2-5-15(10-14)11-17(13-21-19-8-9-19)16-6-3-7-18(20)12-16/h2-7,10,12,17,19,21H,8-9,11,13H2,1H3. The minimum Gasteiger partial charge on any atom is -0.313 e. The summed E-state index contributed by atoms with van der Waals surface area (Å²) in [6.07, 6.45) is 3.78. The van der Waals surface area contributed by atoms with Crippen LogP contribution in [-0.2, 0) is 6.42 Å². The van der Waals surface area contributed by atoms with Crippen molar-refractivity contribution < 1.29 is 0 Å². The molecule has 0 aliphatic heterocycles. The molecule has 0 radical (unpaired) electrons. The summed E-state index contributed by atoms with van der Waals surface area (Å²) in [5.41, 5.74) is 4.19. The highest BCUT2D eigenvalue weighted by atomic mass is 79.9. The maximum atomic E-state index is 3.69. The molecule has 1 fully saturated rings. The number of rotatable bonds is 6. The number of nitrogens with one attached hydrogen (secondary N) is 1. The van der Waals surface area contributed by atoms with Gasteiger partial charge >= 0.3 is 0 Å². The zero-order valence-corrected chi connectivity index (χ0v) is 14.1. The van der Waals surface area contributed by atoms with E-state index in [-0.39, 0.29) is 0 Å². The zero-order valence-electron chi connectivity index (χ0n) is 12.5. The fourth-order valence-electron chi connectivity index (χ4n) is 2.79. The predicted molar refractivity (Wildman–Crippen MR) is 92.8 cm³/mol. The lowest BCUT2D eigenvalue weighted by Gasteiger charge is -2.19. The van der Waals surface area contributed by atoms with Crippen molar-refractivity contribution in [2.24, 2.45) is 0 Å². The van der Waals surface area contributed by atoms with Crippen molar-refractivity contribution >= 4 is 15.9 Å². The first-order valence-corrected chi connectivity index (χ1v) is 8.54. The van der Waals surface area contributed by atoms with Gasteiger partial charge in [0, 0.05) is 23.0 Å². The third-order valence-corrected chi connectivity index (χ3v) is 4.61. The monoisotopic (exact) mass is 343 g/mol. The molecular formula is C19H22BrN. The largest absolute Gasteiger partial charge is 0.313 e. The summed E-state index contributed by atoms with van der Waals surface area (Å²) < 4.78 is 1.17. The van der Waals surface area contributed by atoms with E-state index in [1.165, 1.54) is 34.0 Å². The fourth-order valence-corrected chi connectivity index (χ4v) is 3.21. The summed E-state index contributed by atoms with van der Waals surface area (Å²) in [6, 6.07) is 18.4. The first-order chi connectivity index (χ1) is 10.2. The molecule has 0 bridgehead atoms. The Morgan fingerprint density at radius 1 is 1.14 bits per heavy atom. The molecule has 1 unspecified atom stereocenters. The van der Waals surface area contributed by atoms with Crippen LogP contribution in [0.3, 0.4) is 0 Å². The Labute approximate surface area is 135 Å². The first-order valence-electron chi connectivity index (χ1n) is 7.75. The van der Waals surface area contributed by atoms with E-state index in [1.807, 2.05) is 0 Å². The minimum atomic E-state index is 0.532. The third kappa shape index (κ3) is 4.42. The van der Waals surface area contributed by atoms with E-state index in [0.717, 1.165) is 19.0 Å². The van der Waals surface area contributed by atoms with Gasteiger partial charge in [-0.3, -0.25) is 0 Å². The van der Waals surface area contributed by atoms with Gasteiger partial charge in [-0.1, -0.05) is 57.9 Å². The number of hydrogen-bond acceptors (Lipinski definition) is 1. The van der Waals surface area contributed by atoms with E-state index in [2.05, 4.69) is 76.7 Å². The molecule has 1 N–H and O–H groups in total. The Morgan fingerprint density at radius 2 is 1.95 bits per heavy atom. The lowest BCUT2D eigenvalue weighted by molar-refractivity contribution is 0.577. The highest BCUT2D eigenvalue weighted by Crippen LogP contribution is 2.26. The van der Waals surface area contributed by atoms with E-state index < -0.39 is 0 Å². The molecule has 1 aliphatic carbocycles. The van der Waals surface area contributed by atoms with Crippen molar-refractivity contribution in [3.8, 4) is 0 Å². The molecule has 2 aromatic rings. The SMILES string of the molecule is Cc1cccc(CC(CNC2CC2)c2cccc(Br)c2)c1. The number of halogens is 1. The predicted octanol–water partition coefficient (Wildman–Crippen LogP) is 4.84. The highest BCUT2D eigenvalue weighted by Gasteiger charge is 2.22. The first kappa shape index (κ1) is 14.8. The number of benzene rings is 2.